The van der Waals surface area contributed by atoms with Crippen molar-refractivity contribution in [2.75, 3.05) is 0 Å². The maximum absolute atomic E-state index is 12.4. The normalized spacial score (nSPS) is 11.9. The average molecular weight is 328 g/mol. The van der Waals surface area contributed by atoms with E-state index in [1.54, 1.807) is 0 Å². The molecular weight excluding hydrogens is 308 g/mol. The van der Waals surface area contributed by atoms with Gasteiger partial charge in [0.05, 0.1) is 5.75 Å². The first kappa shape index (κ1) is 15.8. The SMILES string of the molecule is Cc1ccccc1CS(=O)(=O)NCc1c(C)[nH]c2ccccc12. The smallest absolute Gasteiger partial charge is 0.216 e. The first-order chi connectivity index (χ1) is 11.0. The number of fused-ring (bicyclic) bond motifs is 1. The van der Waals surface area contributed by atoms with Gasteiger partial charge in [-0.25, -0.2) is 13.1 Å². The quantitative estimate of drug-likeness (QED) is 0.754. The van der Waals surface area contributed by atoms with Gasteiger partial charge in [-0.1, -0.05) is 42.5 Å². The van der Waals surface area contributed by atoms with Gasteiger partial charge in [0.2, 0.25) is 10.0 Å². The molecule has 120 valence electrons. The Bertz CT molecular complexity index is 943. The summed E-state index contributed by atoms with van der Waals surface area (Å²) in [5, 5.41) is 1.06. The van der Waals surface area contributed by atoms with Crippen LogP contribution in [0.2, 0.25) is 0 Å². The molecule has 1 aromatic heterocycles. The summed E-state index contributed by atoms with van der Waals surface area (Å²) in [5.74, 6) is 0.00107. The first-order valence-corrected chi connectivity index (χ1v) is 9.19. The van der Waals surface area contributed by atoms with Gasteiger partial charge >= 0.3 is 0 Å². The van der Waals surface area contributed by atoms with Gasteiger partial charge in [-0.2, -0.15) is 0 Å². The highest BCUT2D eigenvalue weighted by molar-refractivity contribution is 7.88. The Kier molecular flexibility index (Phi) is 4.24. The molecule has 5 heteroatoms. The minimum absolute atomic E-state index is 0.00107. The van der Waals surface area contributed by atoms with Crippen LogP contribution in [0.1, 0.15) is 22.4 Å². The lowest BCUT2D eigenvalue weighted by Gasteiger charge is -2.09. The molecule has 0 amide bonds. The zero-order valence-corrected chi connectivity index (χ0v) is 14.1. The summed E-state index contributed by atoms with van der Waals surface area (Å²) in [5.41, 5.74) is 4.83. The third-order valence-corrected chi connectivity index (χ3v) is 5.38. The highest BCUT2D eigenvalue weighted by Crippen LogP contribution is 2.22. The fourth-order valence-corrected chi connectivity index (χ4v) is 3.97. The Hall–Kier alpha value is -2.11. The van der Waals surface area contributed by atoms with Gasteiger partial charge in [-0.15, -0.1) is 0 Å². The molecule has 0 aliphatic carbocycles. The Morgan fingerprint density at radius 1 is 1.00 bits per heavy atom. The van der Waals surface area contributed by atoms with Gasteiger partial charge in [0.1, 0.15) is 0 Å². The highest BCUT2D eigenvalue weighted by Gasteiger charge is 2.15. The summed E-state index contributed by atoms with van der Waals surface area (Å²) in [7, 11) is -3.38. The van der Waals surface area contributed by atoms with Crippen molar-refractivity contribution in [1.29, 1.82) is 0 Å². The summed E-state index contributed by atoms with van der Waals surface area (Å²) < 4.78 is 27.5. The van der Waals surface area contributed by atoms with Crippen molar-refractivity contribution in [3.63, 3.8) is 0 Å². The molecule has 2 aromatic carbocycles. The topological polar surface area (TPSA) is 62.0 Å². The predicted octanol–water partition coefficient (Wildman–Crippen LogP) is 3.40. The van der Waals surface area contributed by atoms with Crippen LogP contribution < -0.4 is 4.72 Å². The minimum atomic E-state index is -3.38. The molecule has 0 aliphatic rings. The summed E-state index contributed by atoms with van der Waals surface area (Å²) in [6.45, 7) is 4.18. The number of hydrogen-bond acceptors (Lipinski definition) is 2. The van der Waals surface area contributed by atoms with E-state index in [0.717, 1.165) is 33.3 Å². The van der Waals surface area contributed by atoms with Crippen LogP contribution >= 0.6 is 0 Å². The van der Waals surface area contributed by atoms with Crippen LogP contribution in [0, 0.1) is 13.8 Å². The number of nitrogens with one attached hydrogen (secondary N) is 2. The number of benzene rings is 2. The van der Waals surface area contributed by atoms with E-state index >= 15 is 0 Å². The molecule has 0 saturated carbocycles. The number of aromatic amines is 1. The molecule has 3 aromatic rings. The van der Waals surface area contributed by atoms with Crippen LogP contribution in [-0.2, 0) is 22.3 Å². The number of aromatic nitrogens is 1. The van der Waals surface area contributed by atoms with Crippen LogP contribution in [0.5, 0.6) is 0 Å². The second-order valence-electron chi connectivity index (χ2n) is 5.78. The number of H-pyrrole nitrogens is 1. The third kappa shape index (κ3) is 3.46. The lowest BCUT2D eigenvalue weighted by molar-refractivity contribution is 0.580. The van der Waals surface area contributed by atoms with E-state index < -0.39 is 10.0 Å². The lowest BCUT2D eigenvalue weighted by Crippen LogP contribution is -2.25. The van der Waals surface area contributed by atoms with Crippen LogP contribution in [0.3, 0.4) is 0 Å². The molecular formula is C18H20N2O2S. The van der Waals surface area contributed by atoms with Crippen LogP contribution in [-0.4, -0.2) is 13.4 Å². The van der Waals surface area contributed by atoms with E-state index in [9.17, 15) is 8.42 Å². The van der Waals surface area contributed by atoms with Crippen LogP contribution in [0.25, 0.3) is 10.9 Å². The third-order valence-electron chi connectivity index (χ3n) is 4.10. The van der Waals surface area contributed by atoms with E-state index in [1.807, 2.05) is 62.4 Å². The van der Waals surface area contributed by atoms with E-state index in [0.29, 0.717) is 6.54 Å². The van der Waals surface area contributed by atoms with E-state index in [4.69, 9.17) is 0 Å². The fourth-order valence-electron chi connectivity index (χ4n) is 2.77. The minimum Gasteiger partial charge on any atom is -0.358 e. The molecule has 0 radical (unpaired) electrons. The Morgan fingerprint density at radius 2 is 1.70 bits per heavy atom. The van der Waals surface area contributed by atoms with Gasteiger partial charge in [0.25, 0.3) is 0 Å². The van der Waals surface area contributed by atoms with Gasteiger partial charge in [0.15, 0.2) is 0 Å². The molecule has 3 rings (SSSR count). The average Bonchev–Trinajstić information content (AvgIpc) is 2.83. The monoisotopic (exact) mass is 328 g/mol. The predicted molar refractivity (Wildman–Crippen MR) is 93.7 cm³/mol. The molecule has 0 spiro atoms. The zero-order valence-electron chi connectivity index (χ0n) is 13.3. The van der Waals surface area contributed by atoms with E-state index in [1.165, 1.54) is 0 Å². The molecule has 0 atom stereocenters. The highest BCUT2D eigenvalue weighted by atomic mass is 32.2. The molecule has 2 N–H and O–H groups in total. The van der Waals surface area contributed by atoms with Gasteiger partial charge in [-0.05, 0) is 36.6 Å². The first-order valence-electron chi connectivity index (χ1n) is 7.54. The molecule has 23 heavy (non-hydrogen) atoms. The number of sulfonamides is 1. The van der Waals surface area contributed by atoms with E-state index in [2.05, 4.69) is 9.71 Å². The van der Waals surface area contributed by atoms with Crippen molar-refractivity contribution in [1.82, 2.24) is 9.71 Å². The molecule has 4 nitrogen and oxygen atoms in total. The number of aryl methyl sites for hydroxylation is 2. The van der Waals surface area contributed by atoms with E-state index in [-0.39, 0.29) is 5.75 Å². The van der Waals surface area contributed by atoms with Crippen LogP contribution in [0.15, 0.2) is 48.5 Å². The van der Waals surface area contributed by atoms with Crippen molar-refractivity contribution in [3.8, 4) is 0 Å². The second-order valence-corrected chi connectivity index (χ2v) is 7.59. The summed E-state index contributed by atoms with van der Waals surface area (Å²) in [6, 6.07) is 15.5. The Morgan fingerprint density at radius 3 is 2.48 bits per heavy atom. The molecule has 0 bridgehead atoms. The standard InChI is InChI=1S/C18H20N2O2S/c1-13-7-3-4-8-15(13)12-23(21,22)19-11-17-14(2)20-18-10-6-5-9-16(17)18/h3-10,19-20H,11-12H2,1-2H3. The summed E-state index contributed by atoms with van der Waals surface area (Å²) in [4.78, 5) is 3.29. The zero-order chi connectivity index (χ0) is 16.4. The lowest BCUT2D eigenvalue weighted by atomic mass is 10.1. The second kappa shape index (κ2) is 6.18. The fraction of sp³-hybridized carbons (Fsp3) is 0.222. The Balaban J connectivity index is 1.79. The maximum Gasteiger partial charge on any atom is 0.216 e. The molecule has 0 saturated heterocycles. The molecule has 0 aliphatic heterocycles. The molecule has 0 unspecified atom stereocenters. The number of rotatable bonds is 5. The van der Waals surface area contributed by atoms with Crippen molar-refractivity contribution in [2.24, 2.45) is 0 Å². The Labute approximate surface area is 136 Å². The number of para-hydroxylation sites is 1. The molecule has 0 fully saturated rings. The van der Waals surface area contributed by atoms with Gasteiger partial charge in [0, 0.05) is 23.1 Å². The van der Waals surface area contributed by atoms with Crippen molar-refractivity contribution in [2.45, 2.75) is 26.1 Å². The number of hydrogen-bond donors (Lipinski definition) is 2. The van der Waals surface area contributed by atoms with Crippen molar-refractivity contribution >= 4 is 20.9 Å². The van der Waals surface area contributed by atoms with Crippen LogP contribution in [0.4, 0.5) is 0 Å². The summed E-state index contributed by atoms with van der Waals surface area (Å²) >= 11 is 0. The largest absolute Gasteiger partial charge is 0.358 e. The van der Waals surface area contributed by atoms with Gasteiger partial charge in [-0.3, -0.25) is 0 Å². The summed E-state index contributed by atoms with van der Waals surface area (Å²) in [6.07, 6.45) is 0. The maximum atomic E-state index is 12.4. The van der Waals surface area contributed by atoms with Crippen molar-refractivity contribution < 1.29 is 8.42 Å². The van der Waals surface area contributed by atoms with Gasteiger partial charge < -0.3 is 4.98 Å². The molecule has 1 heterocycles. The van der Waals surface area contributed by atoms with Crippen molar-refractivity contribution in [3.05, 3.63) is 70.9 Å².